The summed E-state index contributed by atoms with van der Waals surface area (Å²) >= 11 is 0. The predicted molar refractivity (Wildman–Crippen MR) is 77.7 cm³/mol. The van der Waals surface area contributed by atoms with Gasteiger partial charge in [-0.25, -0.2) is 0 Å². The van der Waals surface area contributed by atoms with Crippen LogP contribution in [0.15, 0.2) is 30.3 Å². The van der Waals surface area contributed by atoms with E-state index in [1.165, 1.54) is 25.7 Å². The van der Waals surface area contributed by atoms with Crippen molar-refractivity contribution in [3.8, 4) is 0 Å². The van der Waals surface area contributed by atoms with Crippen LogP contribution in [0.3, 0.4) is 0 Å². The van der Waals surface area contributed by atoms with Crippen molar-refractivity contribution < 1.29 is 4.12 Å². The van der Waals surface area contributed by atoms with Crippen molar-refractivity contribution in [3.05, 3.63) is 35.9 Å². The first-order chi connectivity index (χ1) is 8.38. The molecule has 3 rings (SSSR count). The second kappa shape index (κ2) is 5.08. The number of rotatable bonds is 4. The van der Waals surface area contributed by atoms with Crippen LogP contribution in [0.5, 0.6) is 0 Å². The minimum atomic E-state index is -0.351. The first kappa shape index (κ1) is 11.7. The summed E-state index contributed by atoms with van der Waals surface area (Å²) in [5, 5.41) is 0. The summed E-state index contributed by atoms with van der Waals surface area (Å²) in [4.78, 5) is 0. The lowest BCUT2D eigenvalue weighted by Gasteiger charge is -2.30. The molecule has 3 heteroatoms. The molecule has 2 fully saturated rings. The number of hydrogen-bond acceptors (Lipinski definition) is 1. The standard InChI is InChI=1S/C14H22OSi2/c16-15-17-14(11-4-2-1-3-5-11)13-9-10-6-7-12(13)8-10/h1-5,10,12-14H,6-9,17H2,16H3. The van der Waals surface area contributed by atoms with Gasteiger partial charge in [-0.05, 0) is 48.1 Å². The molecule has 0 saturated heterocycles. The molecular formula is C14H22OSi2. The van der Waals surface area contributed by atoms with E-state index in [-0.39, 0.29) is 9.76 Å². The van der Waals surface area contributed by atoms with Crippen LogP contribution in [0.4, 0.5) is 0 Å². The third-order valence-electron chi connectivity index (χ3n) is 4.88. The molecule has 0 amide bonds. The quantitative estimate of drug-likeness (QED) is 0.748. The number of fused-ring (bicyclic) bond motifs is 2. The third kappa shape index (κ3) is 2.28. The molecule has 1 nitrogen and oxygen atoms in total. The molecule has 0 spiro atoms. The average Bonchev–Trinajstić information content (AvgIpc) is 2.99. The van der Waals surface area contributed by atoms with E-state index in [9.17, 15) is 0 Å². The fourth-order valence-electron chi connectivity index (χ4n) is 4.13. The molecule has 4 atom stereocenters. The molecule has 2 bridgehead atoms. The Morgan fingerprint density at radius 3 is 2.59 bits per heavy atom. The lowest BCUT2D eigenvalue weighted by Crippen LogP contribution is -2.25. The second-order valence-corrected chi connectivity index (χ2v) is 9.33. The van der Waals surface area contributed by atoms with Gasteiger partial charge in [-0.3, -0.25) is 0 Å². The Kier molecular flexibility index (Phi) is 3.50. The first-order valence-electron chi connectivity index (χ1n) is 6.92. The highest BCUT2D eigenvalue weighted by Crippen LogP contribution is 2.52. The van der Waals surface area contributed by atoms with Crippen molar-refractivity contribution >= 4 is 20.2 Å². The Balaban J connectivity index is 1.81. The highest BCUT2D eigenvalue weighted by molar-refractivity contribution is 6.36. The van der Waals surface area contributed by atoms with Crippen LogP contribution < -0.4 is 0 Å². The molecule has 0 radical (unpaired) electrons. The van der Waals surface area contributed by atoms with Gasteiger partial charge < -0.3 is 4.12 Å². The second-order valence-electron chi connectivity index (χ2n) is 5.81. The van der Waals surface area contributed by atoms with Crippen LogP contribution in [0.2, 0.25) is 0 Å². The molecule has 1 aromatic rings. The molecule has 2 aliphatic carbocycles. The van der Waals surface area contributed by atoms with Crippen LogP contribution >= 0.6 is 0 Å². The molecule has 2 aliphatic rings. The zero-order valence-corrected chi connectivity index (χ0v) is 14.1. The maximum Gasteiger partial charge on any atom is 0.153 e. The van der Waals surface area contributed by atoms with Crippen LogP contribution in [0, 0.1) is 17.8 Å². The summed E-state index contributed by atoms with van der Waals surface area (Å²) in [5.41, 5.74) is 2.36. The molecule has 92 valence electrons. The minimum Gasteiger partial charge on any atom is -0.468 e. The van der Waals surface area contributed by atoms with E-state index in [0.29, 0.717) is 0 Å². The summed E-state index contributed by atoms with van der Waals surface area (Å²) in [6.45, 7) is 0. The average molecular weight is 263 g/mol. The Hall–Kier alpha value is -0.386. The molecule has 1 aromatic carbocycles. The van der Waals surface area contributed by atoms with Crippen molar-refractivity contribution in [1.82, 2.24) is 0 Å². The molecule has 17 heavy (non-hydrogen) atoms. The van der Waals surface area contributed by atoms with Gasteiger partial charge in [0.1, 0.15) is 10.5 Å². The molecule has 0 aliphatic heterocycles. The summed E-state index contributed by atoms with van der Waals surface area (Å²) in [7, 11) is 0.576. The molecular weight excluding hydrogens is 240 g/mol. The van der Waals surface area contributed by atoms with E-state index in [4.69, 9.17) is 4.12 Å². The lowest BCUT2D eigenvalue weighted by molar-refractivity contribution is 0.314. The Morgan fingerprint density at radius 2 is 2.00 bits per heavy atom. The molecule has 2 saturated carbocycles. The topological polar surface area (TPSA) is 9.23 Å². The normalized spacial score (nSPS) is 33.8. The van der Waals surface area contributed by atoms with E-state index in [1.807, 2.05) is 0 Å². The van der Waals surface area contributed by atoms with Gasteiger partial charge in [0, 0.05) is 0 Å². The molecule has 4 unspecified atom stereocenters. The van der Waals surface area contributed by atoms with Gasteiger partial charge in [-0.2, -0.15) is 0 Å². The highest BCUT2D eigenvalue weighted by atomic mass is 28.3. The van der Waals surface area contributed by atoms with Gasteiger partial charge in [-0.15, -0.1) is 0 Å². The third-order valence-corrected chi connectivity index (χ3v) is 7.65. The fourth-order valence-corrected chi connectivity index (χ4v) is 6.86. The van der Waals surface area contributed by atoms with Crippen LogP contribution in [-0.2, 0) is 4.12 Å². The Bertz CT molecular complexity index is 368. The van der Waals surface area contributed by atoms with Crippen LogP contribution in [0.25, 0.3) is 0 Å². The van der Waals surface area contributed by atoms with Gasteiger partial charge in [0.2, 0.25) is 0 Å². The molecule has 0 N–H and O–H groups in total. The lowest BCUT2D eigenvalue weighted by atomic mass is 9.84. The van der Waals surface area contributed by atoms with E-state index >= 15 is 0 Å². The van der Waals surface area contributed by atoms with E-state index in [2.05, 4.69) is 30.3 Å². The van der Waals surface area contributed by atoms with Gasteiger partial charge >= 0.3 is 0 Å². The number of benzene rings is 1. The Morgan fingerprint density at radius 1 is 1.18 bits per heavy atom. The van der Waals surface area contributed by atoms with Crippen LogP contribution in [0.1, 0.15) is 36.8 Å². The fraction of sp³-hybridized carbons (Fsp3) is 0.571. The monoisotopic (exact) mass is 262 g/mol. The maximum absolute atomic E-state index is 5.76. The summed E-state index contributed by atoms with van der Waals surface area (Å²) in [6, 6.07) is 11.2. The largest absolute Gasteiger partial charge is 0.468 e. The zero-order valence-electron chi connectivity index (χ0n) is 10.6. The maximum atomic E-state index is 5.76. The predicted octanol–water partition coefficient (Wildman–Crippen LogP) is 1.54. The van der Waals surface area contributed by atoms with Gasteiger partial charge in [0.05, 0.1) is 0 Å². The van der Waals surface area contributed by atoms with Gasteiger partial charge in [-0.1, -0.05) is 36.8 Å². The summed E-state index contributed by atoms with van der Waals surface area (Å²) in [5.74, 6) is 3.03. The van der Waals surface area contributed by atoms with Gasteiger partial charge in [0.15, 0.2) is 9.76 Å². The van der Waals surface area contributed by atoms with E-state index in [0.717, 1.165) is 33.8 Å². The van der Waals surface area contributed by atoms with E-state index < -0.39 is 0 Å². The minimum absolute atomic E-state index is 0.351. The van der Waals surface area contributed by atoms with Gasteiger partial charge in [0.25, 0.3) is 0 Å². The van der Waals surface area contributed by atoms with Crippen molar-refractivity contribution in [2.45, 2.75) is 31.2 Å². The molecule has 0 aromatic heterocycles. The SMILES string of the molecule is [SiH3]O[SiH2]C(c1ccccc1)C1CC2CCC1C2. The first-order valence-corrected chi connectivity index (χ1v) is 9.13. The van der Waals surface area contributed by atoms with Crippen molar-refractivity contribution in [2.24, 2.45) is 17.8 Å². The summed E-state index contributed by atoms with van der Waals surface area (Å²) in [6.07, 6.45) is 6.01. The highest BCUT2D eigenvalue weighted by Gasteiger charge is 2.43. The van der Waals surface area contributed by atoms with Crippen molar-refractivity contribution in [3.63, 3.8) is 0 Å². The number of hydrogen-bond donors (Lipinski definition) is 0. The Labute approximate surface area is 109 Å². The van der Waals surface area contributed by atoms with E-state index in [1.54, 1.807) is 5.56 Å². The molecule has 0 heterocycles. The van der Waals surface area contributed by atoms with Crippen LogP contribution in [-0.4, -0.2) is 20.2 Å². The summed E-state index contributed by atoms with van der Waals surface area (Å²) < 4.78 is 5.76. The zero-order chi connectivity index (χ0) is 11.7. The van der Waals surface area contributed by atoms with Crippen molar-refractivity contribution in [2.75, 3.05) is 0 Å². The smallest absolute Gasteiger partial charge is 0.153 e. The van der Waals surface area contributed by atoms with Crippen molar-refractivity contribution in [1.29, 1.82) is 0 Å².